The van der Waals surface area contributed by atoms with Gasteiger partial charge in [0.15, 0.2) is 0 Å². The Morgan fingerprint density at radius 2 is 2.20 bits per heavy atom. The standard InChI is InChI=1S/C7H7ClO2/c8-7-5(3-9)1-2-6(7)4-10/h3-4,9H,1-2H2. The van der Waals surface area contributed by atoms with E-state index in [9.17, 15) is 4.79 Å². The van der Waals surface area contributed by atoms with Crippen molar-refractivity contribution in [3.8, 4) is 0 Å². The second kappa shape index (κ2) is 2.88. The van der Waals surface area contributed by atoms with Crippen LogP contribution in [-0.4, -0.2) is 11.4 Å². The van der Waals surface area contributed by atoms with Gasteiger partial charge in [-0.05, 0) is 12.8 Å². The Kier molecular flexibility index (Phi) is 2.12. The van der Waals surface area contributed by atoms with E-state index in [-0.39, 0.29) is 0 Å². The highest BCUT2D eigenvalue weighted by Gasteiger charge is 2.16. The lowest BCUT2D eigenvalue weighted by atomic mass is 10.2. The molecule has 1 aliphatic rings. The van der Waals surface area contributed by atoms with E-state index in [2.05, 4.69) is 0 Å². The van der Waals surface area contributed by atoms with Crippen LogP contribution < -0.4 is 0 Å². The molecule has 10 heavy (non-hydrogen) atoms. The molecule has 0 saturated carbocycles. The van der Waals surface area contributed by atoms with Crippen LogP contribution in [0.2, 0.25) is 0 Å². The fourth-order valence-electron chi connectivity index (χ4n) is 0.927. The highest BCUT2D eigenvalue weighted by Crippen LogP contribution is 2.32. The third kappa shape index (κ3) is 1.07. The van der Waals surface area contributed by atoms with E-state index in [1.165, 1.54) is 0 Å². The lowest BCUT2D eigenvalue weighted by molar-refractivity contribution is -0.105. The second-order valence-electron chi connectivity index (χ2n) is 2.11. The molecule has 0 fully saturated rings. The number of aliphatic hydroxyl groups is 1. The van der Waals surface area contributed by atoms with Gasteiger partial charge in [-0.1, -0.05) is 11.6 Å². The van der Waals surface area contributed by atoms with E-state index >= 15 is 0 Å². The zero-order valence-electron chi connectivity index (χ0n) is 5.30. The molecule has 54 valence electrons. The highest BCUT2D eigenvalue weighted by atomic mass is 35.5. The third-order valence-corrected chi connectivity index (χ3v) is 2.01. The number of aliphatic hydroxyl groups excluding tert-OH is 1. The van der Waals surface area contributed by atoms with Crippen LogP contribution in [0.4, 0.5) is 0 Å². The summed E-state index contributed by atoms with van der Waals surface area (Å²) in [6, 6.07) is 0. The van der Waals surface area contributed by atoms with E-state index in [0.717, 1.165) is 12.5 Å². The van der Waals surface area contributed by atoms with Crippen LogP contribution in [0.5, 0.6) is 0 Å². The monoisotopic (exact) mass is 158 g/mol. The molecule has 0 radical (unpaired) electrons. The van der Waals surface area contributed by atoms with Gasteiger partial charge in [-0.25, -0.2) is 0 Å². The fourth-order valence-corrected chi connectivity index (χ4v) is 1.21. The van der Waals surface area contributed by atoms with Crippen molar-refractivity contribution in [3.63, 3.8) is 0 Å². The quantitative estimate of drug-likeness (QED) is 0.468. The first-order valence-corrected chi connectivity index (χ1v) is 3.35. The van der Waals surface area contributed by atoms with E-state index in [4.69, 9.17) is 16.7 Å². The Morgan fingerprint density at radius 3 is 2.50 bits per heavy atom. The smallest absolute Gasteiger partial charge is 0.147 e. The maximum atomic E-state index is 10.2. The molecule has 2 nitrogen and oxygen atoms in total. The van der Waals surface area contributed by atoms with Gasteiger partial charge in [0.2, 0.25) is 0 Å². The molecule has 0 saturated heterocycles. The molecule has 1 rings (SSSR count). The number of hydrogen-bond donors (Lipinski definition) is 1. The van der Waals surface area contributed by atoms with Crippen molar-refractivity contribution < 1.29 is 9.90 Å². The number of hydrogen-bond acceptors (Lipinski definition) is 2. The summed E-state index contributed by atoms with van der Waals surface area (Å²) in [6.07, 6.45) is 3.01. The highest BCUT2D eigenvalue weighted by molar-refractivity contribution is 6.34. The van der Waals surface area contributed by atoms with Gasteiger partial charge in [-0.2, -0.15) is 0 Å². The Hall–Kier alpha value is -0.760. The summed E-state index contributed by atoms with van der Waals surface area (Å²) in [5, 5.41) is 8.97. The summed E-state index contributed by atoms with van der Waals surface area (Å²) in [6.45, 7) is 0. The van der Waals surface area contributed by atoms with Crippen LogP contribution in [0.25, 0.3) is 0 Å². The number of carbonyl (C=O) groups excluding carboxylic acids is 1. The van der Waals surface area contributed by atoms with Crippen LogP contribution in [-0.2, 0) is 4.79 Å². The number of allylic oxidation sites excluding steroid dienone is 3. The predicted octanol–water partition coefficient (Wildman–Crippen LogP) is 1.91. The van der Waals surface area contributed by atoms with Crippen molar-refractivity contribution in [1.29, 1.82) is 0 Å². The average Bonchev–Trinajstić information content (AvgIpc) is 2.30. The lowest BCUT2D eigenvalue weighted by Gasteiger charge is -1.90. The number of aldehydes is 1. The molecule has 0 heterocycles. The molecule has 0 atom stereocenters. The number of carbonyl (C=O) groups is 1. The maximum Gasteiger partial charge on any atom is 0.147 e. The summed E-state index contributed by atoms with van der Waals surface area (Å²) < 4.78 is 0. The van der Waals surface area contributed by atoms with Gasteiger partial charge in [0, 0.05) is 11.1 Å². The Bertz CT molecular complexity index is 216. The Morgan fingerprint density at radius 1 is 1.50 bits per heavy atom. The van der Waals surface area contributed by atoms with Gasteiger partial charge in [0.05, 0.1) is 11.3 Å². The summed E-state index contributed by atoms with van der Waals surface area (Å²) >= 11 is 5.66. The van der Waals surface area contributed by atoms with Crippen LogP contribution in [0.15, 0.2) is 22.4 Å². The molecule has 0 aromatic rings. The Balaban J connectivity index is 2.94. The predicted molar refractivity (Wildman–Crippen MR) is 38.9 cm³/mol. The first-order chi connectivity index (χ1) is 4.79. The first kappa shape index (κ1) is 7.35. The van der Waals surface area contributed by atoms with Gasteiger partial charge < -0.3 is 5.11 Å². The van der Waals surface area contributed by atoms with Crippen molar-refractivity contribution in [2.24, 2.45) is 0 Å². The molecule has 0 aromatic carbocycles. The zero-order chi connectivity index (χ0) is 7.56. The van der Waals surface area contributed by atoms with E-state index < -0.39 is 0 Å². The van der Waals surface area contributed by atoms with Gasteiger partial charge in [0.25, 0.3) is 0 Å². The minimum Gasteiger partial charge on any atom is -0.515 e. The minimum absolute atomic E-state index is 0.414. The van der Waals surface area contributed by atoms with Crippen LogP contribution >= 0.6 is 11.6 Å². The van der Waals surface area contributed by atoms with Crippen molar-refractivity contribution >= 4 is 17.9 Å². The normalized spacial score (nSPS) is 22.3. The molecule has 3 heteroatoms. The molecule has 0 unspecified atom stereocenters. The van der Waals surface area contributed by atoms with Crippen LogP contribution in [0, 0.1) is 0 Å². The van der Waals surface area contributed by atoms with Gasteiger partial charge in [-0.15, -0.1) is 0 Å². The summed E-state index contributed by atoms with van der Waals surface area (Å²) in [5.41, 5.74) is 1.24. The molecule has 1 aliphatic carbocycles. The van der Waals surface area contributed by atoms with Crippen LogP contribution in [0.1, 0.15) is 12.8 Å². The molecule has 0 spiro atoms. The molecular formula is C7H7ClO2. The fraction of sp³-hybridized carbons (Fsp3) is 0.286. The topological polar surface area (TPSA) is 37.3 Å². The summed E-state index contributed by atoms with van der Waals surface area (Å²) in [7, 11) is 0. The van der Waals surface area contributed by atoms with Crippen LogP contribution in [0.3, 0.4) is 0 Å². The maximum absolute atomic E-state index is 10.2. The van der Waals surface area contributed by atoms with Gasteiger partial charge in [0.1, 0.15) is 6.29 Å². The lowest BCUT2D eigenvalue weighted by Crippen LogP contribution is -1.78. The minimum atomic E-state index is 0.414. The third-order valence-electron chi connectivity index (χ3n) is 1.53. The van der Waals surface area contributed by atoms with Crippen molar-refractivity contribution in [2.75, 3.05) is 0 Å². The zero-order valence-corrected chi connectivity index (χ0v) is 6.06. The number of halogens is 1. The molecule has 0 amide bonds. The van der Waals surface area contributed by atoms with E-state index in [0.29, 0.717) is 29.0 Å². The SMILES string of the molecule is O=CC1=C(Cl)C(=CO)CC1. The Labute approximate surface area is 63.8 Å². The average molecular weight is 159 g/mol. The molecule has 0 aromatic heterocycles. The van der Waals surface area contributed by atoms with Crippen molar-refractivity contribution in [2.45, 2.75) is 12.8 Å². The molecular weight excluding hydrogens is 152 g/mol. The van der Waals surface area contributed by atoms with Crippen molar-refractivity contribution in [3.05, 3.63) is 22.4 Å². The molecule has 0 aliphatic heterocycles. The summed E-state index contributed by atoms with van der Waals surface area (Å²) in [5.74, 6) is 0. The second-order valence-corrected chi connectivity index (χ2v) is 2.49. The van der Waals surface area contributed by atoms with Gasteiger partial charge in [-0.3, -0.25) is 4.79 Å². The summed E-state index contributed by atoms with van der Waals surface area (Å²) in [4.78, 5) is 10.2. The van der Waals surface area contributed by atoms with E-state index in [1.54, 1.807) is 0 Å². The van der Waals surface area contributed by atoms with Gasteiger partial charge >= 0.3 is 0 Å². The van der Waals surface area contributed by atoms with E-state index in [1.807, 2.05) is 0 Å². The molecule has 1 N–H and O–H groups in total. The number of rotatable bonds is 1. The molecule has 0 bridgehead atoms. The largest absolute Gasteiger partial charge is 0.515 e. The van der Waals surface area contributed by atoms with Crippen molar-refractivity contribution in [1.82, 2.24) is 0 Å². The first-order valence-electron chi connectivity index (χ1n) is 2.97.